The van der Waals surface area contributed by atoms with Gasteiger partial charge in [0.25, 0.3) is 0 Å². The molecule has 2 aliphatic heterocycles. The summed E-state index contributed by atoms with van der Waals surface area (Å²) in [6, 6.07) is 1.58. The third kappa shape index (κ3) is 3.20. The summed E-state index contributed by atoms with van der Waals surface area (Å²) in [6.45, 7) is 6.97. The first-order chi connectivity index (χ1) is 9.83. The molecule has 116 valence electrons. The fourth-order valence-corrected chi connectivity index (χ4v) is 4.78. The Kier molecular flexibility index (Phi) is 5.00. The van der Waals surface area contributed by atoms with Crippen molar-refractivity contribution in [2.45, 2.75) is 82.4 Å². The van der Waals surface area contributed by atoms with Crippen LogP contribution in [0.2, 0.25) is 0 Å². The van der Waals surface area contributed by atoms with Crippen LogP contribution in [0.1, 0.15) is 64.7 Å². The van der Waals surface area contributed by atoms with Gasteiger partial charge >= 0.3 is 0 Å². The number of piperidine rings is 1. The molecule has 0 bridgehead atoms. The van der Waals surface area contributed by atoms with Gasteiger partial charge in [-0.05, 0) is 58.2 Å². The topological polar surface area (TPSA) is 24.5 Å². The molecule has 3 nitrogen and oxygen atoms in total. The highest BCUT2D eigenvalue weighted by Gasteiger charge is 2.41. The van der Waals surface area contributed by atoms with Crippen LogP contribution in [0, 0.1) is 0 Å². The van der Waals surface area contributed by atoms with Crippen molar-refractivity contribution in [3.8, 4) is 0 Å². The quantitative estimate of drug-likeness (QED) is 0.860. The molecule has 1 spiro atoms. The molecule has 0 amide bonds. The van der Waals surface area contributed by atoms with Gasteiger partial charge in [0.15, 0.2) is 0 Å². The maximum absolute atomic E-state index is 6.28. The van der Waals surface area contributed by atoms with Gasteiger partial charge in [0.2, 0.25) is 0 Å². The molecule has 0 aromatic rings. The number of nitrogens with one attached hydrogen (secondary N) is 1. The van der Waals surface area contributed by atoms with Crippen molar-refractivity contribution in [3.05, 3.63) is 0 Å². The highest BCUT2D eigenvalue weighted by atomic mass is 16.5. The lowest BCUT2D eigenvalue weighted by molar-refractivity contribution is -0.128. The second-order valence-corrected chi connectivity index (χ2v) is 7.05. The molecule has 1 aliphatic carbocycles. The Morgan fingerprint density at radius 2 is 1.80 bits per heavy atom. The summed E-state index contributed by atoms with van der Waals surface area (Å²) in [7, 11) is 0. The van der Waals surface area contributed by atoms with E-state index in [4.69, 9.17) is 4.74 Å². The monoisotopic (exact) mass is 280 g/mol. The molecule has 3 aliphatic rings. The standard InChI is InChI=1S/C17H32N2O/c1-2-19(15-6-11-18-12-7-15)16-8-13-20-17(14-16)9-4-3-5-10-17/h15-16,18H,2-14H2,1H3. The molecule has 1 atom stereocenters. The fourth-order valence-electron chi connectivity index (χ4n) is 4.78. The van der Waals surface area contributed by atoms with E-state index in [1.165, 1.54) is 77.4 Å². The Morgan fingerprint density at radius 3 is 2.50 bits per heavy atom. The number of nitrogens with zero attached hydrogens (tertiary/aromatic N) is 1. The van der Waals surface area contributed by atoms with Gasteiger partial charge in [-0.25, -0.2) is 0 Å². The van der Waals surface area contributed by atoms with Crippen molar-refractivity contribution in [2.75, 3.05) is 26.2 Å². The first-order valence-corrected chi connectivity index (χ1v) is 8.93. The summed E-state index contributed by atoms with van der Waals surface area (Å²) >= 11 is 0. The number of hydrogen-bond acceptors (Lipinski definition) is 3. The van der Waals surface area contributed by atoms with Crippen molar-refractivity contribution in [3.63, 3.8) is 0 Å². The van der Waals surface area contributed by atoms with Gasteiger partial charge in [-0.1, -0.05) is 26.2 Å². The first kappa shape index (κ1) is 14.8. The Labute approximate surface area is 124 Å². The van der Waals surface area contributed by atoms with E-state index in [0.717, 1.165) is 18.7 Å². The van der Waals surface area contributed by atoms with E-state index in [1.807, 2.05) is 0 Å². The zero-order valence-electron chi connectivity index (χ0n) is 13.2. The predicted molar refractivity (Wildman–Crippen MR) is 83.1 cm³/mol. The van der Waals surface area contributed by atoms with E-state index in [0.29, 0.717) is 0 Å². The summed E-state index contributed by atoms with van der Waals surface area (Å²) in [5.41, 5.74) is 0.251. The van der Waals surface area contributed by atoms with Crippen LogP contribution in [0.4, 0.5) is 0 Å². The molecule has 3 fully saturated rings. The molecule has 1 unspecified atom stereocenters. The minimum atomic E-state index is 0.251. The molecule has 20 heavy (non-hydrogen) atoms. The lowest BCUT2D eigenvalue weighted by Gasteiger charge is -2.49. The Bertz CT molecular complexity index is 290. The van der Waals surface area contributed by atoms with Gasteiger partial charge in [0.1, 0.15) is 0 Å². The van der Waals surface area contributed by atoms with E-state index in [-0.39, 0.29) is 5.60 Å². The number of hydrogen-bond donors (Lipinski definition) is 1. The summed E-state index contributed by atoms with van der Waals surface area (Å²) < 4.78 is 6.28. The van der Waals surface area contributed by atoms with Crippen LogP contribution in [0.25, 0.3) is 0 Å². The molecule has 3 rings (SSSR count). The van der Waals surface area contributed by atoms with Crippen LogP contribution in [-0.4, -0.2) is 48.8 Å². The maximum atomic E-state index is 6.28. The molecule has 3 heteroatoms. The van der Waals surface area contributed by atoms with Crippen molar-refractivity contribution < 1.29 is 4.74 Å². The lowest BCUT2D eigenvalue weighted by Crippen LogP contribution is -2.54. The van der Waals surface area contributed by atoms with Crippen LogP contribution in [0.5, 0.6) is 0 Å². The van der Waals surface area contributed by atoms with Gasteiger partial charge in [0, 0.05) is 18.7 Å². The van der Waals surface area contributed by atoms with Crippen LogP contribution >= 0.6 is 0 Å². The summed E-state index contributed by atoms with van der Waals surface area (Å²) in [4.78, 5) is 2.82. The largest absolute Gasteiger partial charge is 0.375 e. The minimum absolute atomic E-state index is 0.251. The van der Waals surface area contributed by atoms with Crippen molar-refractivity contribution >= 4 is 0 Å². The molecule has 2 heterocycles. The van der Waals surface area contributed by atoms with Crippen molar-refractivity contribution in [1.29, 1.82) is 0 Å². The van der Waals surface area contributed by atoms with E-state index >= 15 is 0 Å². The van der Waals surface area contributed by atoms with Crippen LogP contribution in [0.3, 0.4) is 0 Å². The smallest absolute Gasteiger partial charge is 0.0697 e. The van der Waals surface area contributed by atoms with E-state index in [1.54, 1.807) is 0 Å². The molecule has 2 saturated heterocycles. The number of rotatable bonds is 3. The lowest BCUT2D eigenvalue weighted by atomic mass is 9.77. The third-order valence-electron chi connectivity index (χ3n) is 5.84. The van der Waals surface area contributed by atoms with Crippen LogP contribution in [-0.2, 0) is 4.74 Å². The summed E-state index contributed by atoms with van der Waals surface area (Å²) in [6.07, 6.45) is 12.0. The van der Waals surface area contributed by atoms with Crippen LogP contribution < -0.4 is 5.32 Å². The molecular weight excluding hydrogens is 248 g/mol. The summed E-state index contributed by atoms with van der Waals surface area (Å²) in [5.74, 6) is 0. The second-order valence-electron chi connectivity index (χ2n) is 7.05. The van der Waals surface area contributed by atoms with E-state index < -0.39 is 0 Å². The highest BCUT2D eigenvalue weighted by molar-refractivity contribution is 4.94. The summed E-state index contributed by atoms with van der Waals surface area (Å²) in [5, 5.41) is 3.50. The fraction of sp³-hybridized carbons (Fsp3) is 1.00. The predicted octanol–water partition coefficient (Wildman–Crippen LogP) is 2.94. The Morgan fingerprint density at radius 1 is 1.05 bits per heavy atom. The normalized spacial score (nSPS) is 31.8. The van der Waals surface area contributed by atoms with Crippen molar-refractivity contribution in [2.24, 2.45) is 0 Å². The Hall–Kier alpha value is -0.120. The van der Waals surface area contributed by atoms with Gasteiger partial charge in [-0.2, -0.15) is 0 Å². The maximum Gasteiger partial charge on any atom is 0.0697 e. The van der Waals surface area contributed by atoms with Crippen LogP contribution in [0.15, 0.2) is 0 Å². The molecule has 0 radical (unpaired) electrons. The molecule has 0 aromatic heterocycles. The molecule has 1 saturated carbocycles. The zero-order valence-corrected chi connectivity index (χ0v) is 13.2. The second kappa shape index (κ2) is 6.76. The average molecular weight is 280 g/mol. The Balaban J connectivity index is 1.64. The van der Waals surface area contributed by atoms with Gasteiger partial charge in [0.05, 0.1) is 5.60 Å². The first-order valence-electron chi connectivity index (χ1n) is 8.93. The van der Waals surface area contributed by atoms with Gasteiger partial charge in [-0.15, -0.1) is 0 Å². The van der Waals surface area contributed by atoms with E-state index in [2.05, 4.69) is 17.1 Å². The van der Waals surface area contributed by atoms with Gasteiger partial charge in [-0.3, -0.25) is 4.90 Å². The minimum Gasteiger partial charge on any atom is -0.375 e. The van der Waals surface area contributed by atoms with Crippen molar-refractivity contribution in [1.82, 2.24) is 10.2 Å². The van der Waals surface area contributed by atoms with Gasteiger partial charge < -0.3 is 10.1 Å². The molecular formula is C17H32N2O. The average Bonchev–Trinajstić information content (AvgIpc) is 2.50. The highest BCUT2D eigenvalue weighted by Crippen LogP contribution is 2.40. The molecule has 1 N–H and O–H groups in total. The SMILES string of the molecule is CCN(C1CCNCC1)C1CCOC2(CCCCC2)C1. The third-order valence-corrected chi connectivity index (χ3v) is 5.84. The zero-order chi connectivity index (χ0) is 13.8. The number of ether oxygens (including phenoxy) is 1. The van der Waals surface area contributed by atoms with E-state index in [9.17, 15) is 0 Å². The molecule has 0 aromatic carbocycles.